The molecule has 0 saturated carbocycles. The largest absolute Gasteiger partial charge is 0.376 e. The summed E-state index contributed by atoms with van der Waals surface area (Å²) in [6, 6.07) is 5.54. The second kappa shape index (κ2) is 5.70. The van der Waals surface area contributed by atoms with Crippen molar-refractivity contribution >= 4 is 5.70 Å². The molecule has 1 nitrogen and oxygen atoms in total. The Morgan fingerprint density at radius 3 is 2.35 bits per heavy atom. The SMILES string of the molecule is C=C=C(NC(C)C)c1ccc(C(C)C)cc1F. The third-order valence-electron chi connectivity index (χ3n) is 2.54. The zero-order valence-electron chi connectivity index (χ0n) is 11.0. The fraction of sp³-hybridized carbons (Fsp3) is 0.400. The first-order valence-electron chi connectivity index (χ1n) is 5.92. The van der Waals surface area contributed by atoms with E-state index >= 15 is 0 Å². The maximum atomic E-state index is 14.0. The first-order chi connectivity index (χ1) is 7.95. The molecule has 0 bridgehead atoms. The Labute approximate surface area is 103 Å². The summed E-state index contributed by atoms with van der Waals surface area (Å²) < 4.78 is 14.0. The van der Waals surface area contributed by atoms with Crippen LogP contribution >= 0.6 is 0 Å². The van der Waals surface area contributed by atoms with Gasteiger partial charge < -0.3 is 5.32 Å². The van der Waals surface area contributed by atoms with Crippen molar-refractivity contribution in [1.29, 1.82) is 0 Å². The van der Waals surface area contributed by atoms with Gasteiger partial charge in [-0.3, -0.25) is 0 Å². The van der Waals surface area contributed by atoms with Crippen LogP contribution in [0.3, 0.4) is 0 Å². The quantitative estimate of drug-likeness (QED) is 0.773. The van der Waals surface area contributed by atoms with Crippen molar-refractivity contribution in [2.75, 3.05) is 0 Å². The van der Waals surface area contributed by atoms with Gasteiger partial charge in [-0.05, 0) is 37.5 Å². The topological polar surface area (TPSA) is 12.0 Å². The summed E-state index contributed by atoms with van der Waals surface area (Å²) >= 11 is 0. The van der Waals surface area contributed by atoms with Crippen LogP contribution in [-0.4, -0.2) is 6.04 Å². The van der Waals surface area contributed by atoms with E-state index in [2.05, 4.69) is 17.6 Å². The normalized spacial score (nSPS) is 10.5. The molecule has 0 aliphatic heterocycles. The van der Waals surface area contributed by atoms with Crippen molar-refractivity contribution < 1.29 is 4.39 Å². The third kappa shape index (κ3) is 3.47. The fourth-order valence-corrected chi connectivity index (χ4v) is 1.61. The van der Waals surface area contributed by atoms with Crippen LogP contribution in [0.4, 0.5) is 4.39 Å². The number of benzene rings is 1. The van der Waals surface area contributed by atoms with Crippen molar-refractivity contribution in [3.63, 3.8) is 0 Å². The highest BCUT2D eigenvalue weighted by Gasteiger charge is 2.10. The lowest BCUT2D eigenvalue weighted by molar-refractivity contribution is 0.614. The van der Waals surface area contributed by atoms with Gasteiger partial charge in [0.25, 0.3) is 0 Å². The van der Waals surface area contributed by atoms with Crippen molar-refractivity contribution in [1.82, 2.24) is 5.32 Å². The summed E-state index contributed by atoms with van der Waals surface area (Å²) in [6.45, 7) is 11.7. The Kier molecular flexibility index (Phi) is 4.53. The molecule has 0 spiro atoms. The standard InChI is InChI=1S/C15H20FN/c1-6-15(17-11(4)5)13-8-7-12(10(2)3)9-14(13)16/h7-11,17H,1H2,2-5H3. The summed E-state index contributed by atoms with van der Waals surface area (Å²) in [6.07, 6.45) is 0. The Bertz CT molecular complexity index is 440. The van der Waals surface area contributed by atoms with E-state index in [1.807, 2.05) is 33.8 Å². The van der Waals surface area contributed by atoms with E-state index in [1.54, 1.807) is 12.1 Å². The predicted molar refractivity (Wildman–Crippen MR) is 71.3 cm³/mol. The van der Waals surface area contributed by atoms with Crippen LogP contribution in [0, 0.1) is 5.82 Å². The lowest BCUT2D eigenvalue weighted by atomic mass is 10.00. The Balaban J connectivity index is 3.10. The van der Waals surface area contributed by atoms with Crippen molar-refractivity contribution in [3.05, 3.63) is 47.5 Å². The summed E-state index contributed by atoms with van der Waals surface area (Å²) in [5.74, 6) is 0.100. The zero-order chi connectivity index (χ0) is 13.0. The average Bonchev–Trinajstić information content (AvgIpc) is 2.25. The van der Waals surface area contributed by atoms with Crippen molar-refractivity contribution in [3.8, 4) is 0 Å². The molecular formula is C15H20FN. The minimum atomic E-state index is -0.226. The van der Waals surface area contributed by atoms with Crippen molar-refractivity contribution in [2.45, 2.75) is 39.7 Å². The molecule has 0 heterocycles. The Hall–Kier alpha value is -1.53. The van der Waals surface area contributed by atoms with Gasteiger partial charge >= 0.3 is 0 Å². The average molecular weight is 233 g/mol. The maximum absolute atomic E-state index is 14.0. The lowest BCUT2D eigenvalue weighted by Gasteiger charge is -2.14. The molecule has 0 atom stereocenters. The van der Waals surface area contributed by atoms with Crippen LogP contribution in [0.25, 0.3) is 5.70 Å². The second-order valence-corrected chi connectivity index (χ2v) is 4.74. The monoisotopic (exact) mass is 233 g/mol. The minimum Gasteiger partial charge on any atom is -0.376 e. The third-order valence-corrected chi connectivity index (χ3v) is 2.54. The van der Waals surface area contributed by atoms with Crippen LogP contribution in [0.1, 0.15) is 44.7 Å². The van der Waals surface area contributed by atoms with E-state index in [1.165, 1.54) is 0 Å². The molecule has 2 heteroatoms. The van der Waals surface area contributed by atoms with Gasteiger partial charge in [0.15, 0.2) is 0 Å². The lowest BCUT2D eigenvalue weighted by Crippen LogP contribution is -2.21. The number of rotatable bonds is 4. The van der Waals surface area contributed by atoms with E-state index in [-0.39, 0.29) is 11.9 Å². The molecule has 0 aliphatic carbocycles. The number of nitrogens with one attached hydrogen (secondary N) is 1. The molecular weight excluding hydrogens is 213 g/mol. The van der Waals surface area contributed by atoms with Gasteiger partial charge in [-0.1, -0.05) is 26.5 Å². The molecule has 1 aromatic carbocycles. The highest BCUT2D eigenvalue weighted by molar-refractivity contribution is 5.64. The van der Waals surface area contributed by atoms with Gasteiger partial charge in [-0.15, -0.1) is 5.73 Å². The summed E-state index contributed by atoms with van der Waals surface area (Å²) in [5.41, 5.74) is 4.90. The summed E-state index contributed by atoms with van der Waals surface area (Å²) in [7, 11) is 0. The fourth-order valence-electron chi connectivity index (χ4n) is 1.61. The molecule has 0 aliphatic rings. The molecule has 17 heavy (non-hydrogen) atoms. The van der Waals surface area contributed by atoms with Crippen LogP contribution in [0.2, 0.25) is 0 Å². The van der Waals surface area contributed by atoms with Crippen LogP contribution in [-0.2, 0) is 0 Å². The Morgan fingerprint density at radius 2 is 1.94 bits per heavy atom. The molecule has 0 fully saturated rings. The van der Waals surface area contributed by atoms with E-state index in [0.29, 0.717) is 17.2 Å². The van der Waals surface area contributed by atoms with Gasteiger partial charge in [0, 0.05) is 11.6 Å². The Morgan fingerprint density at radius 1 is 1.29 bits per heavy atom. The number of halogens is 1. The smallest absolute Gasteiger partial charge is 0.133 e. The minimum absolute atomic E-state index is 0.225. The predicted octanol–water partition coefficient (Wildman–Crippen LogP) is 4.07. The molecule has 0 saturated heterocycles. The highest BCUT2D eigenvalue weighted by Crippen LogP contribution is 2.21. The molecule has 0 unspecified atom stereocenters. The van der Waals surface area contributed by atoms with E-state index in [9.17, 15) is 4.39 Å². The molecule has 0 radical (unpaired) electrons. The van der Waals surface area contributed by atoms with Gasteiger partial charge in [0.2, 0.25) is 0 Å². The zero-order valence-corrected chi connectivity index (χ0v) is 11.0. The van der Waals surface area contributed by atoms with Crippen molar-refractivity contribution in [2.24, 2.45) is 0 Å². The maximum Gasteiger partial charge on any atom is 0.133 e. The molecule has 0 amide bonds. The van der Waals surface area contributed by atoms with Gasteiger partial charge in [0.05, 0.1) is 5.70 Å². The van der Waals surface area contributed by atoms with Crippen LogP contribution in [0.15, 0.2) is 30.5 Å². The van der Waals surface area contributed by atoms with E-state index in [0.717, 1.165) is 5.56 Å². The number of hydrogen-bond acceptors (Lipinski definition) is 1. The summed E-state index contributed by atoms with van der Waals surface area (Å²) in [4.78, 5) is 0. The second-order valence-electron chi connectivity index (χ2n) is 4.74. The summed E-state index contributed by atoms with van der Waals surface area (Å²) in [5, 5.41) is 3.14. The first-order valence-corrected chi connectivity index (χ1v) is 5.92. The van der Waals surface area contributed by atoms with Gasteiger partial charge in [0.1, 0.15) is 5.82 Å². The first kappa shape index (κ1) is 13.5. The van der Waals surface area contributed by atoms with Crippen LogP contribution < -0.4 is 5.32 Å². The highest BCUT2D eigenvalue weighted by atomic mass is 19.1. The van der Waals surface area contributed by atoms with Gasteiger partial charge in [-0.25, -0.2) is 4.39 Å². The molecule has 92 valence electrons. The molecule has 1 aromatic rings. The number of hydrogen-bond donors (Lipinski definition) is 1. The molecule has 1 N–H and O–H groups in total. The van der Waals surface area contributed by atoms with Crippen LogP contribution in [0.5, 0.6) is 0 Å². The molecule has 1 rings (SSSR count). The van der Waals surface area contributed by atoms with E-state index < -0.39 is 0 Å². The molecule has 0 aromatic heterocycles. The van der Waals surface area contributed by atoms with E-state index in [4.69, 9.17) is 0 Å². The van der Waals surface area contributed by atoms with Gasteiger partial charge in [-0.2, -0.15) is 0 Å².